The number of nitrogens with zero attached hydrogens (tertiary/aromatic N) is 1. The fourth-order valence-electron chi connectivity index (χ4n) is 3.10. The summed E-state index contributed by atoms with van der Waals surface area (Å²) in [7, 11) is 0. The van der Waals surface area contributed by atoms with Gasteiger partial charge in [0.05, 0.1) is 5.69 Å². The van der Waals surface area contributed by atoms with Gasteiger partial charge in [-0.1, -0.05) is 0 Å². The highest BCUT2D eigenvalue weighted by atomic mass is 19.1. The molecule has 1 saturated carbocycles. The molecule has 0 bridgehead atoms. The molecule has 0 spiro atoms. The summed E-state index contributed by atoms with van der Waals surface area (Å²) in [5, 5.41) is 3.60. The van der Waals surface area contributed by atoms with E-state index in [1.54, 1.807) is 0 Å². The Morgan fingerprint density at radius 1 is 1.32 bits per heavy atom. The van der Waals surface area contributed by atoms with Crippen molar-refractivity contribution in [3.63, 3.8) is 0 Å². The Morgan fingerprint density at radius 3 is 2.84 bits per heavy atom. The highest BCUT2D eigenvalue weighted by Gasteiger charge is 2.43. The fourth-order valence-corrected chi connectivity index (χ4v) is 3.10. The van der Waals surface area contributed by atoms with Gasteiger partial charge in [-0.05, 0) is 50.8 Å². The van der Waals surface area contributed by atoms with Gasteiger partial charge in [0.1, 0.15) is 11.6 Å². The minimum Gasteiger partial charge on any atom is -0.367 e. The third-order valence-corrected chi connectivity index (χ3v) is 4.38. The Bertz CT molecular complexity index is 473. The second kappa shape index (κ2) is 4.75. The van der Waals surface area contributed by atoms with Gasteiger partial charge in [0.25, 0.3) is 0 Å². The van der Waals surface area contributed by atoms with Crippen molar-refractivity contribution < 1.29 is 8.78 Å². The zero-order valence-corrected chi connectivity index (χ0v) is 11.3. The van der Waals surface area contributed by atoms with Crippen molar-refractivity contribution in [2.45, 2.75) is 31.7 Å². The average molecular weight is 266 g/mol. The van der Waals surface area contributed by atoms with E-state index in [1.165, 1.54) is 31.0 Å². The minimum atomic E-state index is -0.373. The predicted octanol–water partition coefficient (Wildman–Crippen LogP) is 2.93. The minimum absolute atomic E-state index is 0.0231. The van der Waals surface area contributed by atoms with Gasteiger partial charge in [-0.25, -0.2) is 8.78 Å². The monoisotopic (exact) mass is 266 g/mol. The number of nitrogens with one attached hydrogen (secondary N) is 1. The second-order valence-electron chi connectivity index (χ2n) is 5.99. The van der Waals surface area contributed by atoms with Crippen LogP contribution in [-0.2, 0) is 0 Å². The first-order chi connectivity index (χ1) is 9.08. The Hall–Kier alpha value is -1.16. The summed E-state index contributed by atoms with van der Waals surface area (Å²) in [4.78, 5) is 2.00. The van der Waals surface area contributed by atoms with Gasteiger partial charge in [-0.2, -0.15) is 0 Å². The number of halogens is 2. The summed E-state index contributed by atoms with van der Waals surface area (Å²) in [5.41, 5.74) is 0.422. The number of hydrogen-bond donors (Lipinski definition) is 1. The molecule has 1 unspecified atom stereocenters. The SMILES string of the molecule is CC1(C2CC2)CN(c2cc(F)ccc2F)CCCN1. The molecular weight excluding hydrogens is 246 g/mol. The topological polar surface area (TPSA) is 15.3 Å². The zero-order valence-electron chi connectivity index (χ0n) is 11.3. The van der Waals surface area contributed by atoms with Gasteiger partial charge in [0.15, 0.2) is 0 Å². The van der Waals surface area contributed by atoms with Crippen LogP contribution in [0.4, 0.5) is 14.5 Å². The van der Waals surface area contributed by atoms with Crippen LogP contribution >= 0.6 is 0 Å². The molecule has 0 radical (unpaired) electrons. The van der Waals surface area contributed by atoms with Crippen LogP contribution in [0, 0.1) is 17.6 Å². The van der Waals surface area contributed by atoms with Gasteiger partial charge >= 0.3 is 0 Å². The van der Waals surface area contributed by atoms with E-state index in [4.69, 9.17) is 0 Å². The van der Waals surface area contributed by atoms with Crippen LogP contribution in [0.25, 0.3) is 0 Å². The maximum atomic E-state index is 13.9. The van der Waals surface area contributed by atoms with Crippen molar-refractivity contribution in [3.05, 3.63) is 29.8 Å². The van der Waals surface area contributed by atoms with Crippen LogP contribution in [0.5, 0.6) is 0 Å². The molecule has 1 N–H and O–H groups in total. The van der Waals surface area contributed by atoms with Crippen LogP contribution < -0.4 is 10.2 Å². The van der Waals surface area contributed by atoms with Crippen molar-refractivity contribution in [1.29, 1.82) is 0 Å². The normalized spacial score (nSPS) is 28.3. The zero-order chi connectivity index (χ0) is 13.5. The Kier molecular flexibility index (Phi) is 3.21. The molecule has 19 heavy (non-hydrogen) atoms. The molecular formula is C15H20F2N2. The molecule has 1 heterocycles. The van der Waals surface area contributed by atoms with E-state index < -0.39 is 0 Å². The molecule has 0 aromatic heterocycles. The molecule has 1 aromatic rings. The molecule has 2 fully saturated rings. The van der Waals surface area contributed by atoms with Crippen LogP contribution in [0.2, 0.25) is 0 Å². The van der Waals surface area contributed by atoms with E-state index in [9.17, 15) is 8.78 Å². The number of hydrogen-bond acceptors (Lipinski definition) is 2. The Morgan fingerprint density at radius 2 is 2.11 bits per heavy atom. The summed E-state index contributed by atoms with van der Waals surface area (Å²) >= 11 is 0. The van der Waals surface area contributed by atoms with Crippen LogP contribution in [0.3, 0.4) is 0 Å². The van der Waals surface area contributed by atoms with Crippen LogP contribution in [-0.4, -0.2) is 25.2 Å². The first-order valence-electron chi connectivity index (χ1n) is 7.03. The third-order valence-electron chi connectivity index (χ3n) is 4.38. The van der Waals surface area contributed by atoms with E-state index in [1.807, 2.05) is 4.90 Å². The van der Waals surface area contributed by atoms with E-state index in [2.05, 4.69) is 12.2 Å². The summed E-state index contributed by atoms with van der Waals surface area (Å²) in [6.07, 6.45) is 3.43. The molecule has 2 nitrogen and oxygen atoms in total. The molecule has 1 atom stereocenters. The van der Waals surface area contributed by atoms with Gasteiger partial charge in [-0.15, -0.1) is 0 Å². The van der Waals surface area contributed by atoms with E-state index in [-0.39, 0.29) is 17.2 Å². The lowest BCUT2D eigenvalue weighted by atomic mass is 9.95. The van der Waals surface area contributed by atoms with Crippen molar-refractivity contribution >= 4 is 5.69 Å². The summed E-state index contributed by atoms with van der Waals surface area (Å²) in [6.45, 7) is 4.67. The maximum Gasteiger partial charge on any atom is 0.146 e. The molecule has 1 saturated heterocycles. The number of anilines is 1. The van der Waals surface area contributed by atoms with E-state index in [0.717, 1.165) is 26.1 Å². The lowest BCUT2D eigenvalue weighted by Crippen LogP contribution is -2.51. The largest absolute Gasteiger partial charge is 0.367 e. The van der Waals surface area contributed by atoms with Crippen molar-refractivity contribution in [2.75, 3.05) is 24.5 Å². The third kappa shape index (κ3) is 2.59. The lowest BCUT2D eigenvalue weighted by Gasteiger charge is -2.35. The lowest BCUT2D eigenvalue weighted by molar-refractivity contribution is 0.331. The fraction of sp³-hybridized carbons (Fsp3) is 0.600. The summed E-state index contributed by atoms with van der Waals surface area (Å²) < 4.78 is 27.3. The first-order valence-corrected chi connectivity index (χ1v) is 7.03. The summed E-state index contributed by atoms with van der Waals surface area (Å²) in [5.74, 6) is -0.0344. The Balaban J connectivity index is 1.88. The molecule has 2 aliphatic rings. The van der Waals surface area contributed by atoms with E-state index in [0.29, 0.717) is 11.6 Å². The second-order valence-corrected chi connectivity index (χ2v) is 5.99. The van der Waals surface area contributed by atoms with Crippen LogP contribution in [0.15, 0.2) is 18.2 Å². The van der Waals surface area contributed by atoms with Gasteiger partial charge in [0.2, 0.25) is 0 Å². The summed E-state index contributed by atoms with van der Waals surface area (Å²) in [6, 6.07) is 3.71. The highest BCUT2D eigenvalue weighted by Crippen LogP contribution is 2.41. The quantitative estimate of drug-likeness (QED) is 0.885. The van der Waals surface area contributed by atoms with Crippen molar-refractivity contribution in [1.82, 2.24) is 5.32 Å². The van der Waals surface area contributed by atoms with Gasteiger partial charge in [0, 0.05) is 24.7 Å². The van der Waals surface area contributed by atoms with Crippen LogP contribution in [0.1, 0.15) is 26.2 Å². The molecule has 1 aliphatic carbocycles. The predicted molar refractivity (Wildman–Crippen MR) is 72.3 cm³/mol. The average Bonchev–Trinajstić information content (AvgIpc) is 3.19. The standard InChI is InChI=1S/C15H20F2N2/c1-15(11-3-4-11)10-19(8-2-7-18-15)14-9-12(16)5-6-13(14)17/h5-6,9,11,18H,2-4,7-8,10H2,1H3. The van der Waals surface area contributed by atoms with Crippen molar-refractivity contribution in [2.24, 2.45) is 5.92 Å². The van der Waals surface area contributed by atoms with Crippen molar-refractivity contribution in [3.8, 4) is 0 Å². The number of rotatable bonds is 2. The van der Waals surface area contributed by atoms with E-state index >= 15 is 0 Å². The molecule has 104 valence electrons. The molecule has 0 amide bonds. The van der Waals surface area contributed by atoms with Gasteiger partial charge in [-0.3, -0.25) is 0 Å². The van der Waals surface area contributed by atoms with Gasteiger partial charge < -0.3 is 10.2 Å². The molecule has 1 aliphatic heterocycles. The first kappa shape index (κ1) is 12.9. The number of benzene rings is 1. The molecule has 1 aromatic carbocycles. The molecule has 4 heteroatoms. The smallest absolute Gasteiger partial charge is 0.146 e. The Labute approximate surface area is 112 Å². The highest BCUT2D eigenvalue weighted by molar-refractivity contribution is 5.49. The maximum absolute atomic E-state index is 13.9. The molecule has 3 rings (SSSR count).